The summed E-state index contributed by atoms with van der Waals surface area (Å²) in [5, 5.41) is 3.15. The molecule has 7 nitrogen and oxygen atoms in total. The lowest BCUT2D eigenvalue weighted by Gasteiger charge is -2.25. The number of nitrogens with one attached hydrogen (secondary N) is 1. The van der Waals surface area contributed by atoms with Gasteiger partial charge in [-0.05, 0) is 36.2 Å². The largest absolute Gasteiger partial charge is 0.497 e. The molecule has 0 aliphatic carbocycles. The van der Waals surface area contributed by atoms with E-state index in [-0.39, 0.29) is 0 Å². The molecule has 2 aromatic rings. The Labute approximate surface area is 152 Å². The van der Waals surface area contributed by atoms with E-state index in [1.807, 2.05) is 30.3 Å². The monoisotopic (exact) mass is 355 g/mol. The van der Waals surface area contributed by atoms with Crippen molar-refractivity contribution < 1.29 is 19.1 Å². The zero-order valence-corrected chi connectivity index (χ0v) is 14.7. The van der Waals surface area contributed by atoms with Gasteiger partial charge in [-0.3, -0.25) is 4.79 Å². The molecule has 0 radical (unpaired) electrons. The molecule has 0 saturated carbocycles. The summed E-state index contributed by atoms with van der Waals surface area (Å²) in [4.78, 5) is 26.1. The highest BCUT2D eigenvalue weighted by atomic mass is 16.5. The summed E-state index contributed by atoms with van der Waals surface area (Å²) >= 11 is 0. The van der Waals surface area contributed by atoms with Crippen LogP contribution >= 0.6 is 0 Å². The first-order valence-electron chi connectivity index (χ1n) is 8.04. The summed E-state index contributed by atoms with van der Waals surface area (Å²) in [5.41, 5.74) is 8.84. The number of esters is 1. The van der Waals surface area contributed by atoms with Crippen molar-refractivity contribution in [2.75, 3.05) is 25.7 Å². The molecule has 0 spiro atoms. The van der Waals surface area contributed by atoms with E-state index in [1.54, 1.807) is 31.4 Å². The Hall–Kier alpha value is -3.22. The molecule has 0 aliphatic heterocycles. The average molecular weight is 355 g/mol. The van der Waals surface area contributed by atoms with Crippen LogP contribution in [0.4, 0.5) is 5.69 Å². The third-order valence-corrected chi connectivity index (χ3v) is 3.90. The molecule has 0 aromatic heterocycles. The van der Waals surface area contributed by atoms with E-state index in [0.29, 0.717) is 24.4 Å². The lowest BCUT2D eigenvalue weighted by molar-refractivity contribution is -0.145. The Balaban J connectivity index is 2.28. The van der Waals surface area contributed by atoms with Gasteiger partial charge in [-0.2, -0.15) is 5.11 Å². The SMILES string of the molecule is COC(=O)C(N=N)C(=O)N(CCc1ccccc1)c1ccc(OC)cc1. The molecule has 2 rings (SSSR count). The predicted octanol–water partition coefficient (Wildman–Crippen LogP) is 2.84. The van der Waals surface area contributed by atoms with Gasteiger partial charge in [0.2, 0.25) is 6.04 Å². The number of anilines is 1. The Morgan fingerprint density at radius 2 is 1.73 bits per heavy atom. The minimum atomic E-state index is -1.52. The van der Waals surface area contributed by atoms with Gasteiger partial charge in [0.25, 0.3) is 5.91 Å². The summed E-state index contributed by atoms with van der Waals surface area (Å²) in [6, 6.07) is 15.1. The van der Waals surface area contributed by atoms with Crippen LogP contribution in [0.2, 0.25) is 0 Å². The fourth-order valence-electron chi connectivity index (χ4n) is 2.48. The Bertz CT molecular complexity index is 747. The number of methoxy groups -OCH3 is 2. The maximum absolute atomic E-state index is 12.8. The van der Waals surface area contributed by atoms with Gasteiger partial charge in [-0.15, -0.1) is 0 Å². The van der Waals surface area contributed by atoms with E-state index >= 15 is 0 Å². The van der Waals surface area contributed by atoms with Gasteiger partial charge in [-0.25, -0.2) is 10.3 Å². The summed E-state index contributed by atoms with van der Waals surface area (Å²) in [7, 11) is 2.72. The standard InChI is InChI=1S/C19H21N3O4/c1-25-16-10-8-15(9-11-16)22(13-12-14-6-4-3-5-7-14)18(23)17(21-20)19(24)26-2/h3-11,17,20H,12-13H2,1-2H3. The molecular formula is C19H21N3O4. The van der Waals surface area contributed by atoms with Crippen molar-refractivity contribution >= 4 is 17.6 Å². The van der Waals surface area contributed by atoms with Crippen LogP contribution in [0, 0.1) is 5.53 Å². The molecule has 2 aromatic carbocycles. The van der Waals surface area contributed by atoms with Crippen molar-refractivity contribution in [1.29, 1.82) is 5.53 Å². The Morgan fingerprint density at radius 3 is 2.27 bits per heavy atom. The first-order valence-corrected chi connectivity index (χ1v) is 8.04. The molecule has 136 valence electrons. The summed E-state index contributed by atoms with van der Waals surface area (Å²) < 4.78 is 9.73. The molecule has 0 fully saturated rings. The molecule has 0 aliphatic rings. The first kappa shape index (κ1) is 19.1. The van der Waals surface area contributed by atoms with Crippen LogP contribution in [-0.2, 0) is 20.7 Å². The fourth-order valence-corrected chi connectivity index (χ4v) is 2.48. The lowest BCUT2D eigenvalue weighted by atomic mass is 10.1. The molecule has 1 amide bonds. The minimum absolute atomic E-state index is 0.332. The van der Waals surface area contributed by atoms with Crippen molar-refractivity contribution in [3.8, 4) is 5.75 Å². The van der Waals surface area contributed by atoms with Crippen molar-refractivity contribution in [2.24, 2.45) is 5.11 Å². The summed E-state index contributed by atoms with van der Waals surface area (Å²) in [5.74, 6) is -0.810. The van der Waals surface area contributed by atoms with Crippen LogP contribution in [0.3, 0.4) is 0 Å². The molecule has 1 N–H and O–H groups in total. The van der Waals surface area contributed by atoms with E-state index < -0.39 is 17.9 Å². The number of amides is 1. The number of hydrogen-bond acceptors (Lipinski definition) is 6. The second kappa shape index (κ2) is 9.31. The van der Waals surface area contributed by atoms with Crippen molar-refractivity contribution in [3.05, 3.63) is 60.2 Å². The van der Waals surface area contributed by atoms with Gasteiger partial charge in [0.05, 0.1) is 14.2 Å². The highest BCUT2D eigenvalue weighted by Crippen LogP contribution is 2.21. The molecule has 0 bridgehead atoms. The van der Waals surface area contributed by atoms with Gasteiger partial charge < -0.3 is 14.4 Å². The maximum Gasteiger partial charge on any atom is 0.342 e. The number of nitrogens with zero attached hydrogens (tertiary/aromatic N) is 2. The quantitative estimate of drug-likeness (QED) is 0.448. The third-order valence-electron chi connectivity index (χ3n) is 3.90. The van der Waals surface area contributed by atoms with Crippen molar-refractivity contribution in [3.63, 3.8) is 0 Å². The predicted molar refractivity (Wildman–Crippen MR) is 96.4 cm³/mol. The van der Waals surface area contributed by atoms with E-state index in [1.165, 1.54) is 4.90 Å². The second-order valence-electron chi connectivity index (χ2n) is 5.48. The van der Waals surface area contributed by atoms with Gasteiger partial charge in [0, 0.05) is 12.2 Å². The highest BCUT2D eigenvalue weighted by Gasteiger charge is 2.32. The molecular weight excluding hydrogens is 334 g/mol. The molecule has 7 heteroatoms. The molecule has 1 atom stereocenters. The zero-order chi connectivity index (χ0) is 18.9. The third kappa shape index (κ3) is 4.66. The van der Waals surface area contributed by atoms with E-state index in [4.69, 9.17) is 10.3 Å². The van der Waals surface area contributed by atoms with Crippen molar-refractivity contribution in [2.45, 2.75) is 12.5 Å². The first-order chi connectivity index (χ1) is 12.6. The number of hydrogen-bond donors (Lipinski definition) is 1. The number of benzene rings is 2. The normalized spacial score (nSPS) is 11.3. The summed E-state index contributed by atoms with van der Waals surface area (Å²) in [6.07, 6.45) is 0.588. The van der Waals surface area contributed by atoms with Crippen LogP contribution < -0.4 is 9.64 Å². The van der Waals surface area contributed by atoms with E-state index in [2.05, 4.69) is 9.85 Å². The minimum Gasteiger partial charge on any atom is -0.497 e. The van der Waals surface area contributed by atoms with Crippen LogP contribution in [0.25, 0.3) is 0 Å². The van der Waals surface area contributed by atoms with Crippen LogP contribution in [0.1, 0.15) is 5.56 Å². The smallest absolute Gasteiger partial charge is 0.342 e. The van der Waals surface area contributed by atoms with Crippen LogP contribution in [0.5, 0.6) is 5.75 Å². The van der Waals surface area contributed by atoms with Crippen LogP contribution in [0.15, 0.2) is 59.7 Å². The number of rotatable bonds is 8. The fraction of sp³-hybridized carbons (Fsp3) is 0.263. The van der Waals surface area contributed by atoms with Crippen molar-refractivity contribution in [1.82, 2.24) is 0 Å². The van der Waals surface area contributed by atoms with E-state index in [9.17, 15) is 9.59 Å². The van der Waals surface area contributed by atoms with Gasteiger partial charge in [0.1, 0.15) is 5.75 Å². The average Bonchev–Trinajstić information content (AvgIpc) is 2.69. The number of carbonyl (C=O) groups is 2. The topological polar surface area (TPSA) is 92.0 Å². The maximum atomic E-state index is 12.8. The highest BCUT2D eigenvalue weighted by molar-refractivity contribution is 6.09. The van der Waals surface area contributed by atoms with Gasteiger partial charge in [-0.1, -0.05) is 30.3 Å². The number of ether oxygens (including phenoxy) is 2. The van der Waals surface area contributed by atoms with Gasteiger partial charge in [0.15, 0.2) is 0 Å². The van der Waals surface area contributed by atoms with Crippen LogP contribution in [-0.4, -0.2) is 38.7 Å². The second-order valence-corrected chi connectivity index (χ2v) is 5.48. The Kier molecular flexibility index (Phi) is 6.84. The Morgan fingerprint density at radius 1 is 1.08 bits per heavy atom. The molecule has 26 heavy (non-hydrogen) atoms. The lowest BCUT2D eigenvalue weighted by Crippen LogP contribution is -2.43. The summed E-state index contributed by atoms with van der Waals surface area (Å²) in [6.45, 7) is 0.332. The molecule has 0 heterocycles. The molecule has 1 unspecified atom stereocenters. The van der Waals surface area contributed by atoms with E-state index in [0.717, 1.165) is 12.7 Å². The zero-order valence-electron chi connectivity index (χ0n) is 14.7. The number of carbonyl (C=O) groups excluding carboxylic acids is 2. The molecule has 0 saturated heterocycles. The van der Waals surface area contributed by atoms with Gasteiger partial charge >= 0.3 is 5.97 Å².